The molecular weight excluding hydrogens is 391 g/mol. The van der Waals surface area contributed by atoms with Crippen molar-refractivity contribution in [2.45, 2.75) is 19.1 Å². The molecule has 0 fully saturated rings. The Morgan fingerprint density at radius 1 is 1.00 bits per heavy atom. The molecule has 1 aromatic heterocycles. The van der Waals surface area contributed by atoms with Crippen LogP contribution in [0.5, 0.6) is 5.75 Å². The van der Waals surface area contributed by atoms with Gasteiger partial charge < -0.3 is 10.1 Å². The number of rotatable bonds is 2. The predicted octanol–water partition coefficient (Wildman–Crippen LogP) is 5.29. The summed E-state index contributed by atoms with van der Waals surface area (Å²) in [5, 5.41) is 7.94. The van der Waals surface area contributed by atoms with Crippen LogP contribution in [0.3, 0.4) is 0 Å². The van der Waals surface area contributed by atoms with Crippen molar-refractivity contribution in [3.8, 4) is 5.75 Å². The molecule has 2 aliphatic rings. The van der Waals surface area contributed by atoms with E-state index in [1.165, 1.54) is 12.4 Å². The molecule has 0 unspecified atom stereocenters. The Kier molecular flexibility index (Phi) is 3.93. The highest BCUT2D eigenvalue weighted by Gasteiger charge is 2.41. The summed E-state index contributed by atoms with van der Waals surface area (Å²) in [7, 11) is 0. The summed E-state index contributed by atoms with van der Waals surface area (Å²) in [5.41, 5.74) is 5.39. The fourth-order valence-electron chi connectivity index (χ4n) is 4.49. The number of benzene rings is 3. The predicted molar refractivity (Wildman–Crippen MR) is 116 cm³/mol. The van der Waals surface area contributed by atoms with E-state index in [4.69, 9.17) is 4.74 Å². The summed E-state index contributed by atoms with van der Waals surface area (Å²) in [4.78, 5) is 4.43. The van der Waals surface area contributed by atoms with Crippen molar-refractivity contribution in [2.75, 3.05) is 5.32 Å². The maximum atomic E-state index is 15.0. The van der Waals surface area contributed by atoms with Gasteiger partial charge in [0, 0.05) is 16.7 Å². The molecule has 0 saturated carbocycles. The van der Waals surface area contributed by atoms with Gasteiger partial charge in [-0.25, -0.2) is 9.07 Å². The Hall–Kier alpha value is -3.93. The quantitative estimate of drug-likeness (QED) is 0.488. The van der Waals surface area contributed by atoms with E-state index in [0.29, 0.717) is 17.3 Å². The Morgan fingerprint density at radius 3 is 2.65 bits per heavy atom. The topological polar surface area (TPSA) is 52.0 Å². The molecule has 31 heavy (non-hydrogen) atoms. The third kappa shape index (κ3) is 2.75. The second kappa shape index (κ2) is 6.80. The summed E-state index contributed by atoms with van der Waals surface area (Å²) in [6.07, 6.45) is 0.925. The second-order valence-electron chi connectivity index (χ2n) is 7.82. The van der Waals surface area contributed by atoms with Gasteiger partial charge in [0.2, 0.25) is 5.95 Å². The van der Waals surface area contributed by atoms with Crippen molar-refractivity contribution >= 4 is 11.6 Å². The Bertz CT molecular complexity index is 1330. The van der Waals surface area contributed by atoms with E-state index in [9.17, 15) is 4.39 Å². The van der Waals surface area contributed by atoms with Gasteiger partial charge in [0.1, 0.15) is 23.9 Å². The van der Waals surface area contributed by atoms with Crippen molar-refractivity contribution in [3.05, 3.63) is 113 Å². The van der Waals surface area contributed by atoms with Gasteiger partial charge >= 0.3 is 0 Å². The average Bonchev–Trinajstić information content (AvgIpc) is 3.27. The van der Waals surface area contributed by atoms with Crippen molar-refractivity contribution < 1.29 is 9.13 Å². The van der Waals surface area contributed by atoms with Gasteiger partial charge in [-0.05, 0) is 30.7 Å². The monoisotopic (exact) mass is 410 g/mol. The van der Waals surface area contributed by atoms with E-state index in [0.717, 1.165) is 28.0 Å². The summed E-state index contributed by atoms with van der Waals surface area (Å²) < 4.78 is 23.3. The molecule has 152 valence electrons. The lowest BCUT2D eigenvalue weighted by Crippen LogP contribution is -2.32. The van der Waals surface area contributed by atoms with Gasteiger partial charge in [-0.3, -0.25) is 0 Å². The van der Waals surface area contributed by atoms with Crippen LogP contribution in [-0.2, 0) is 0 Å². The third-order valence-corrected chi connectivity index (χ3v) is 5.87. The molecule has 3 aromatic carbocycles. The Labute approximate surface area is 178 Å². The first-order chi connectivity index (χ1) is 15.2. The van der Waals surface area contributed by atoms with Crippen LogP contribution in [0.2, 0.25) is 0 Å². The fourth-order valence-corrected chi connectivity index (χ4v) is 4.49. The summed E-state index contributed by atoms with van der Waals surface area (Å²) in [5.74, 6) is 1.06. The first-order valence-corrected chi connectivity index (χ1v) is 10.2. The molecular formula is C25H19FN4O. The third-order valence-electron chi connectivity index (χ3n) is 5.87. The van der Waals surface area contributed by atoms with Crippen LogP contribution in [0.15, 0.2) is 84.7 Å². The van der Waals surface area contributed by atoms with Gasteiger partial charge in [-0.15, -0.1) is 0 Å². The number of aryl methyl sites for hydroxylation is 1. The summed E-state index contributed by atoms with van der Waals surface area (Å²) in [6.45, 7) is 2.05. The number of halogens is 1. The van der Waals surface area contributed by atoms with Gasteiger partial charge in [0.15, 0.2) is 6.10 Å². The minimum absolute atomic E-state index is 0.284. The van der Waals surface area contributed by atoms with Crippen LogP contribution in [-0.4, -0.2) is 14.8 Å². The zero-order chi connectivity index (χ0) is 20.9. The van der Waals surface area contributed by atoms with Crippen LogP contribution in [0, 0.1) is 12.7 Å². The molecule has 0 amide bonds. The Balaban J connectivity index is 1.66. The molecule has 0 bridgehead atoms. The molecule has 0 aliphatic carbocycles. The van der Waals surface area contributed by atoms with Crippen molar-refractivity contribution in [2.24, 2.45) is 0 Å². The van der Waals surface area contributed by atoms with Gasteiger partial charge in [0.25, 0.3) is 0 Å². The number of anilines is 1. The lowest BCUT2D eigenvalue weighted by molar-refractivity contribution is 0.218. The van der Waals surface area contributed by atoms with E-state index in [2.05, 4.69) is 33.6 Å². The Morgan fingerprint density at radius 2 is 1.81 bits per heavy atom. The number of ether oxygens (including phenoxy) is 1. The molecule has 0 radical (unpaired) electrons. The normalized spacial score (nSPS) is 19.0. The first-order valence-electron chi connectivity index (χ1n) is 10.2. The van der Waals surface area contributed by atoms with Gasteiger partial charge in [0.05, 0.1) is 5.70 Å². The average molecular weight is 410 g/mol. The zero-order valence-corrected chi connectivity index (χ0v) is 16.8. The van der Waals surface area contributed by atoms with E-state index in [1.54, 1.807) is 12.1 Å². The number of hydrogen-bond donors (Lipinski definition) is 1. The number of nitrogens with zero attached hydrogens (tertiary/aromatic N) is 3. The van der Waals surface area contributed by atoms with Gasteiger partial charge in [-0.2, -0.15) is 10.1 Å². The highest BCUT2D eigenvalue weighted by molar-refractivity contribution is 5.85. The summed E-state index contributed by atoms with van der Waals surface area (Å²) in [6, 6.07) is 22.6. The largest absolute Gasteiger partial charge is 0.480 e. The van der Waals surface area contributed by atoms with Crippen LogP contribution in [0.1, 0.15) is 34.4 Å². The molecule has 4 aromatic rings. The molecule has 3 heterocycles. The minimum atomic E-state index is -0.610. The van der Waals surface area contributed by atoms with Crippen LogP contribution < -0.4 is 10.1 Å². The van der Waals surface area contributed by atoms with Crippen molar-refractivity contribution in [3.63, 3.8) is 0 Å². The maximum absolute atomic E-state index is 15.0. The molecule has 2 aliphatic heterocycles. The first kappa shape index (κ1) is 17.9. The van der Waals surface area contributed by atoms with E-state index < -0.39 is 6.10 Å². The van der Waals surface area contributed by atoms with Crippen LogP contribution in [0.25, 0.3) is 5.70 Å². The van der Waals surface area contributed by atoms with Crippen LogP contribution >= 0.6 is 0 Å². The number of aromatic nitrogens is 3. The molecule has 2 atom stereocenters. The molecule has 0 spiro atoms. The van der Waals surface area contributed by atoms with Crippen LogP contribution in [0.4, 0.5) is 10.3 Å². The lowest BCUT2D eigenvalue weighted by atomic mass is 9.84. The molecule has 5 nitrogen and oxygen atoms in total. The standard InChI is InChI=1S/C25H19FN4O/c1-15-11-12-20-18(13-15)22-21(24(31-20)17-9-5-6-10-19(17)26)23(16-7-3-2-4-8-16)30-25(29-22)27-14-28-30/h2-14,23-24H,1H3,(H,27,28,29)/t23-,24+/m0/s1. The van der Waals surface area contributed by atoms with Gasteiger partial charge in [-0.1, -0.05) is 60.2 Å². The second-order valence-corrected chi connectivity index (χ2v) is 7.82. The molecule has 6 rings (SSSR count). The zero-order valence-electron chi connectivity index (χ0n) is 16.8. The van der Waals surface area contributed by atoms with E-state index >= 15 is 0 Å². The maximum Gasteiger partial charge on any atom is 0.226 e. The number of fused-ring (bicyclic) bond motifs is 3. The molecule has 0 saturated heterocycles. The highest BCUT2D eigenvalue weighted by atomic mass is 19.1. The fraction of sp³-hybridized carbons (Fsp3) is 0.120. The van der Waals surface area contributed by atoms with E-state index in [-0.39, 0.29) is 11.9 Å². The minimum Gasteiger partial charge on any atom is -0.480 e. The van der Waals surface area contributed by atoms with E-state index in [1.807, 2.05) is 48.0 Å². The van der Waals surface area contributed by atoms with Crippen molar-refractivity contribution in [1.29, 1.82) is 0 Å². The molecule has 6 heteroatoms. The SMILES string of the molecule is Cc1ccc2c(c1)C1=C([C@H](c3ccccc3)n3ncnc3N1)[C@@H](c1ccccc1F)O2. The smallest absolute Gasteiger partial charge is 0.226 e. The highest BCUT2D eigenvalue weighted by Crippen LogP contribution is 2.50. The van der Waals surface area contributed by atoms with Crippen molar-refractivity contribution in [1.82, 2.24) is 14.8 Å². The summed E-state index contributed by atoms with van der Waals surface area (Å²) >= 11 is 0. The molecule has 1 N–H and O–H groups in total. The number of hydrogen-bond acceptors (Lipinski definition) is 4. The number of nitrogens with one attached hydrogen (secondary N) is 1. The lowest BCUT2D eigenvalue weighted by Gasteiger charge is -2.39.